The summed E-state index contributed by atoms with van der Waals surface area (Å²) in [6.07, 6.45) is 1.16. The van der Waals surface area contributed by atoms with E-state index in [1.165, 1.54) is 17.0 Å². The van der Waals surface area contributed by atoms with Crippen molar-refractivity contribution in [1.82, 2.24) is 20.9 Å². The zero-order valence-electron chi connectivity index (χ0n) is 17.3. The summed E-state index contributed by atoms with van der Waals surface area (Å²) in [5, 5.41) is 5.29. The number of aryl methyl sites for hydroxylation is 1. The molecule has 1 amide bonds. The largest absolute Gasteiger partial charge is 0.361 e. The highest BCUT2D eigenvalue weighted by molar-refractivity contribution is 7.89. The zero-order chi connectivity index (χ0) is 22.1. The van der Waals surface area contributed by atoms with E-state index in [0.717, 1.165) is 12.0 Å². The summed E-state index contributed by atoms with van der Waals surface area (Å²) in [5.74, 6) is -0.390. The quantitative estimate of drug-likeness (QED) is 0.333. The van der Waals surface area contributed by atoms with E-state index in [1.807, 2.05) is 38.3 Å². The van der Waals surface area contributed by atoms with Crippen LogP contribution in [-0.2, 0) is 21.2 Å². The topological polar surface area (TPSA) is 99.3 Å². The number of benzene rings is 1. The predicted octanol–water partition coefficient (Wildman–Crippen LogP) is 2.49. The number of thiophene rings is 1. The lowest BCUT2D eigenvalue weighted by Crippen LogP contribution is -2.54. The van der Waals surface area contributed by atoms with Crippen molar-refractivity contribution < 1.29 is 13.2 Å². The summed E-state index contributed by atoms with van der Waals surface area (Å²) in [4.78, 5) is 14.0. The third-order valence-electron chi connectivity index (χ3n) is 4.19. The number of carbonyl (C=O) groups excluding carboxylic acids is 1. The van der Waals surface area contributed by atoms with Gasteiger partial charge in [0.05, 0.1) is 4.90 Å². The Morgan fingerprint density at radius 3 is 2.43 bits per heavy atom. The monoisotopic (exact) mass is 468 g/mol. The van der Waals surface area contributed by atoms with E-state index in [9.17, 15) is 13.2 Å². The van der Waals surface area contributed by atoms with Crippen molar-refractivity contribution in [3.8, 4) is 0 Å². The first-order valence-electron chi connectivity index (χ1n) is 9.62. The van der Waals surface area contributed by atoms with E-state index < -0.39 is 22.0 Å². The van der Waals surface area contributed by atoms with Gasteiger partial charge in [0.15, 0.2) is 5.11 Å². The molecule has 2 rings (SSSR count). The first kappa shape index (κ1) is 24.3. The third kappa shape index (κ3) is 8.02. The van der Waals surface area contributed by atoms with Crippen molar-refractivity contribution in [3.63, 3.8) is 0 Å². The van der Waals surface area contributed by atoms with Crippen LogP contribution >= 0.6 is 23.6 Å². The molecular weight excluding hydrogens is 440 g/mol. The fourth-order valence-electron chi connectivity index (χ4n) is 2.66. The number of amides is 1. The molecule has 0 bridgehead atoms. The molecule has 1 aromatic carbocycles. The van der Waals surface area contributed by atoms with Gasteiger partial charge in [-0.3, -0.25) is 15.6 Å². The van der Waals surface area contributed by atoms with Gasteiger partial charge in [-0.25, -0.2) is 8.42 Å². The third-order valence-corrected chi connectivity index (χ3v) is 6.86. The second kappa shape index (κ2) is 11.4. The van der Waals surface area contributed by atoms with Crippen molar-refractivity contribution in [2.45, 2.75) is 44.6 Å². The van der Waals surface area contributed by atoms with Gasteiger partial charge >= 0.3 is 0 Å². The minimum Gasteiger partial charge on any atom is -0.361 e. The van der Waals surface area contributed by atoms with E-state index in [2.05, 4.69) is 20.9 Å². The van der Waals surface area contributed by atoms with Crippen LogP contribution in [0.2, 0.25) is 0 Å². The first-order valence-corrected chi connectivity index (χ1v) is 12.4. The Hall–Kier alpha value is -2.01. The van der Waals surface area contributed by atoms with E-state index in [1.54, 1.807) is 23.5 Å². The van der Waals surface area contributed by atoms with Gasteiger partial charge in [-0.1, -0.05) is 37.6 Å². The number of hydrazine groups is 1. The molecule has 0 unspecified atom stereocenters. The fraction of sp³-hybridized carbons (Fsp3) is 0.400. The van der Waals surface area contributed by atoms with Gasteiger partial charge in [0.2, 0.25) is 10.0 Å². The summed E-state index contributed by atoms with van der Waals surface area (Å²) < 4.78 is 27.9. The van der Waals surface area contributed by atoms with Crippen LogP contribution in [0.15, 0.2) is 46.7 Å². The number of hydrogen-bond acceptors (Lipinski definition) is 5. The van der Waals surface area contributed by atoms with Gasteiger partial charge in [0.25, 0.3) is 5.91 Å². The summed E-state index contributed by atoms with van der Waals surface area (Å²) in [5.41, 5.74) is 6.09. The van der Waals surface area contributed by atoms with E-state index in [-0.39, 0.29) is 15.9 Å². The molecule has 30 heavy (non-hydrogen) atoms. The van der Waals surface area contributed by atoms with Gasteiger partial charge in [0.1, 0.15) is 6.04 Å². The molecule has 0 spiro atoms. The Morgan fingerprint density at radius 1 is 1.13 bits per heavy atom. The van der Waals surface area contributed by atoms with Gasteiger partial charge in [-0.05, 0) is 61.5 Å². The minimum atomic E-state index is -3.83. The van der Waals surface area contributed by atoms with Crippen LogP contribution in [0.5, 0.6) is 0 Å². The molecule has 0 saturated carbocycles. The van der Waals surface area contributed by atoms with Crippen LogP contribution in [0.4, 0.5) is 0 Å². The van der Waals surface area contributed by atoms with Crippen molar-refractivity contribution in [2.24, 2.45) is 5.92 Å². The molecule has 0 fully saturated rings. The maximum absolute atomic E-state index is 12.7. The molecule has 2 aromatic rings. The molecule has 7 nitrogen and oxygen atoms in total. The van der Waals surface area contributed by atoms with Crippen molar-refractivity contribution in [2.75, 3.05) is 6.54 Å². The van der Waals surface area contributed by atoms with Crippen LogP contribution in [0.1, 0.15) is 30.7 Å². The van der Waals surface area contributed by atoms with Crippen LogP contribution < -0.4 is 20.9 Å². The van der Waals surface area contributed by atoms with Gasteiger partial charge in [-0.2, -0.15) is 4.72 Å². The summed E-state index contributed by atoms with van der Waals surface area (Å²) >= 11 is 6.84. The molecular formula is C20H28N4O3S3. The Morgan fingerprint density at radius 2 is 1.83 bits per heavy atom. The zero-order valence-corrected chi connectivity index (χ0v) is 19.7. The maximum atomic E-state index is 12.7. The predicted molar refractivity (Wildman–Crippen MR) is 125 cm³/mol. The summed E-state index contributed by atoms with van der Waals surface area (Å²) in [7, 11) is -3.83. The molecule has 0 aliphatic carbocycles. The lowest BCUT2D eigenvalue weighted by atomic mass is 10.0. The maximum Gasteiger partial charge on any atom is 0.256 e. The summed E-state index contributed by atoms with van der Waals surface area (Å²) in [6, 6.07) is 9.57. The lowest BCUT2D eigenvalue weighted by Gasteiger charge is -2.21. The highest BCUT2D eigenvalue weighted by Crippen LogP contribution is 2.13. The Kier molecular flexibility index (Phi) is 9.22. The SMILES string of the molecule is Cc1ccc(S(=O)(=O)N[C@H](CC(C)C)C(=O)NNC(=S)NCCc2cccs2)cc1. The van der Waals surface area contributed by atoms with Crippen LogP contribution in [0.3, 0.4) is 0 Å². The number of nitrogens with one attached hydrogen (secondary N) is 4. The molecule has 1 atom stereocenters. The lowest BCUT2D eigenvalue weighted by molar-refractivity contribution is -0.123. The molecule has 1 heterocycles. The van der Waals surface area contributed by atoms with Crippen molar-refractivity contribution in [1.29, 1.82) is 0 Å². The summed E-state index contributed by atoms with van der Waals surface area (Å²) in [6.45, 7) is 6.34. The number of carbonyl (C=O) groups is 1. The average molecular weight is 469 g/mol. The fourth-order valence-corrected chi connectivity index (χ4v) is 4.73. The molecule has 4 N–H and O–H groups in total. The standard InChI is InChI=1S/C20H28N4O3S3/c1-14(2)13-18(24-30(26,27)17-8-6-15(3)7-9-17)19(25)22-23-20(28)21-11-10-16-5-4-12-29-16/h4-9,12,14,18,24H,10-11,13H2,1-3H3,(H,22,25)(H2,21,23,28)/t18-/m1/s1. The Balaban J connectivity index is 1.90. The second-order valence-corrected chi connectivity index (χ2v) is 10.5. The molecule has 1 aromatic heterocycles. The van der Waals surface area contributed by atoms with E-state index in [4.69, 9.17) is 12.2 Å². The van der Waals surface area contributed by atoms with E-state index >= 15 is 0 Å². The van der Waals surface area contributed by atoms with Crippen molar-refractivity contribution >= 4 is 44.6 Å². The highest BCUT2D eigenvalue weighted by atomic mass is 32.2. The number of hydrogen-bond donors (Lipinski definition) is 4. The molecule has 0 aliphatic rings. The minimum absolute atomic E-state index is 0.109. The first-order chi connectivity index (χ1) is 14.2. The van der Waals surface area contributed by atoms with Crippen molar-refractivity contribution in [3.05, 3.63) is 52.2 Å². The smallest absolute Gasteiger partial charge is 0.256 e. The second-order valence-electron chi connectivity index (χ2n) is 7.32. The van der Waals surface area contributed by atoms with Crippen LogP contribution in [0, 0.1) is 12.8 Å². The molecule has 0 aliphatic heterocycles. The van der Waals surface area contributed by atoms with E-state index in [0.29, 0.717) is 13.0 Å². The molecule has 164 valence electrons. The highest BCUT2D eigenvalue weighted by Gasteiger charge is 2.26. The number of thiocarbonyl (C=S) groups is 1. The molecule has 0 saturated heterocycles. The number of sulfonamides is 1. The number of rotatable bonds is 9. The van der Waals surface area contributed by atoms with Gasteiger partial charge in [-0.15, -0.1) is 11.3 Å². The van der Waals surface area contributed by atoms with Gasteiger partial charge < -0.3 is 5.32 Å². The van der Waals surface area contributed by atoms with Gasteiger partial charge in [0, 0.05) is 11.4 Å². The average Bonchev–Trinajstić information content (AvgIpc) is 3.19. The van der Waals surface area contributed by atoms with Crippen LogP contribution in [-0.4, -0.2) is 32.0 Å². The van der Waals surface area contributed by atoms with Crippen LogP contribution in [0.25, 0.3) is 0 Å². The normalized spacial score (nSPS) is 12.4. The Bertz CT molecular complexity index is 927. The Labute approximate surface area is 187 Å². The molecule has 0 radical (unpaired) electrons. The molecule has 10 heteroatoms.